The van der Waals surface area contributed by atoms with Gasteiger partial charge in [-0.3, -0.25) is 9.36 Å². The van der Waals surface area contributed by atoms with Crippen LogP contribution in [-0.4, -0.2) is 22.0 Å². The normalized spacial score (nSPS) is 10.5. The van der Waals surface area contributed by atoms with E-state index in [0.717, 1.165) is 10.2 Å². The average Bonchev–Trinajstić information content (AvgIpc) is 2.78. The molecule has 1 heterocycles. The molecule has 2 rings (SSSR count). The second kappa shape index (κ2) is 5.25. The molecular weight excluding hydrogens is 282 g/mol. The maximum Gasteiger partial charge on any atom is 0.264 e. The zero-order valence-corrected chi connectivity index (χ0v) is 10.7. The monoisotopic (exact) mass is 293 g/mol. The molecule has 0 saturated heterocycles. The van der Waals surface area contributed by atoms with Crippen molar-refractivity contribution in [3.63, 3.8) is 0 Å². The van der Waals surface area contributed by atoms with Crippen molar-refractivity contribution in [2.45, 2.75) is 6.42 Å². The Bertz CT molecular complexity index is 536. The predicted octanol–water partition coefficient (Wildman–Crippen LogP) is 1.84. The van der Waals surface area contributed by atoms with Crippen LogP contribution in [0.2, 0.25) is 0 Å². The lowest BCUT2D eigenvalue weighted by Crippen LogP contribution is -2.16. The molecule has 5 heteroatoms. The minimum atomic E-state index is -0.0987. The number of carbonyl (C=O) groups is 1. The molecule has 88 valence electrons. The number of hydrogen-bond donors (Lipinski definition) is 1. The van der Waals surface area contributed by atoms with Gasteiger partial charge in [-0.15, -0.1) is 0 Å². The Balaban J connectivity index is 2.37. The standard InChI is InChI=1S/C12H12BrN3O/c13-11-4-2-1-3-10(11)12(17)16-8-15-7-9(16)5-6-14/h1-4,7-8H,5-6,14H2. The van der Waals surface area contributed by atoms with Gasteiger partial charge in [0, 0.05) is 22.8 Å². The van der Waals surface area contributed by atoms with E-state index in [4.69, 9.17) is 5.73 Å². The Morgan fingerprint density at radius 3 is 2.88 bits per heavy atom. The maximum atomic E-state index is 12.3. The second-order valence-corrected chi connectivity index (χ2v) is 4.43. The van der Waals surface area contributed by atoms with Gasteiger partial charge < -0.3 is 5.73 Å². The third-order valence-corrected chi connectivity index (χ3v) is 3.13. The molecular formula is C12H12BrN3O. The highest BCUT2D eigenvalue weighted by molar-refractivity contribution is 9.10. The zero-order valence-electron chi connectivity index (χ0n) is 9.14. The number of imidazole rings is 1. The van der Waals surface area contributed by atoms with E-state index < -0.39 is 0 Å². The number of rotatable bonds is 3. The van der Waals surface area contributed by atoms with E-state index in [1.54, 1.807) is 12.3 Å². The third kappa shape index (κ3) is 2.45. The lowest BCUT2D eigenvalue weighted by Gasteiger charge is -2.07. The Morgan fingerprint density at radius 1 is 1.41 bits per heavy atom. The first-order valence-corrected chi connectivity index (χ1v) is 6.04. The van der Waals surface area contributed by atoms with E-state index in [-0.39, 0.29) is 5.91 Å². The minimum Gasteiger partial charge on any atom is -0.330 e. The van der Waals surface area contributed by atoms with Gasteiger partial charge >= 0.3 is 0 Å². The summed E-state index contributed by atoms with van der Waals surface area (Å²) in [6.45, 7) is 0.495. The number of nitrogens with zero attached hydrogens (tertiary/aromatic N) is 2. The first-order chi connectivity index (χ1) is 8.24. The summed E-state index contributed by atoms with van der Waals surface area (Å²) in [6, 6.07) is 7.32. The molecule has 0 fully saturated rings. The molecule has 0 spiro atoms. The highest BCUT2D eigenvalue weighted by atomic mass is 79.9. The van der Waals surface area contributed by atoms with Gasteiger partial charge in [-0.05, 0) is 34.6 Å². The summed E-state index contributed by atoms with van der Waals surface area (Å²) in [5.41, 5.74) is 6.94. The predicted molar refractivity (Wildman–Crippen MR) is 68.9 cm³/mol. The van der Waals surface area contributed by atoms with E-state index >= 15 is 0 Å². The van der Waals surface area contributed by atoms with Crippen molar-refractivity contribution in [1.29, 1.82) is 0 Å². The highest BCUT2D eigenvalue weighted by Crippen LogP contribution is 2.17. The molecule has 2 N–H and O–H groups in total. The summed E-state index contributed by atoms with van der Waals surface area (Å²) >= 11 is 3.37. The topological polar surface area (TPSA) is 60.9 Å². The van der Waals surface area contributed by atoms with Crippen LogP contribution in [0.15, 0.2) is 41.3 Å². The summed E-state index contributed by atoms with van der Waals surface area (Å²) < 4.78 is 2.31. The fourth-order valence-corrected chi connectivity index (χ4v) is 2.06. The molecule has 0 atom stereocenters. The number of hydrogen-bond acceptors (Lipinski definition) is 3. The van der Waals surface area contributed by atoms with Crippen LogP contribution in [0.1, 0.15) is 16.1 Å². The zero-order chi connectivity index (χ0) is 12.3. The van der Waals surface area contributed by atoms with Crippen molar-refractivity contribution in [2.75, 3.05) is 6.54 Å². The van der Waals surface area contributed by atoms with Crippen LogP contribution in [0.25, 0.3) is 0 Å². The fourth-order valence-electron chi connectivity index (χ4n) is 1.60. The minimum absolute atomic E-state index is 0.0987. The summed E-state index contributed by atoms with van der Waals surface area (Å²) in [6.07, 6.45) is 3.82. The molecule has 4 nitrogen and oxygen atoms in total. The van der Waals surface area contributed by atoms with E-state index in [0.29, 0.717) is 18.5 Å². The van der Waals surface area contributed by atoms with Gasteiger partial charge in [0.1, 0.15) is 6.33 Å². The molecule has 0 aliphatic heterocycles. The SMILES string of the molecule is NCCc1cncn1C(=O)c1ccccc1Br. The Labute approximate surface area is 108 Å². The Hall–Kier alpha value is -1.46. The van der Waals surface area contributed by atoms with Gasteiger partial charge in [0.2, 0.25) is 0 Å². The number of nitrogens with two attached hydrogens (primary N) is 1. The van der Waals surface area contributed by atoms with Crippen molar-refractivity contribution in [3.8, 4) is 0 Å². The number of carbonyl (C=O) groups excluding carboxylic acids is 1. The summed E-state index contributed by atoms with van der Waals surface area (Å²) in [7, 11) is 0. The van der Waals surface area contributed by atoms with Gasteiger partial charge in [-0.25, -0.2) is 4.98 Å². The average molecular weight is 294 g/mol. The number of aromatic nitrogens is 2. The molecule has 1 aromatic carbocycles. The Kier molecular flexibility index (Phi) is 3.71. The lowest BCUT2D eigenvalue weighted by molar-refractivity contribution is 0.0956. The Morgan fingerprint density at radius 2 is 2.18 bits per heavy atom. The van der Waals surface area contributed by atoms with E-state index in [1.807, 2.05) is 18.2 Å². The van der Waals surface area contributed by atoms with E-state index in [2.05, 4.69) is 20.9 Å². The number of halogens is 1. The van der Waals surface area contributed by atoms with Crippen LogP contribution in [0.4, 0.5) is 0 Å². The van der Waals surface area contributed by atoms with Crippen LogP contribution < -0.4 is 5.73 Å². The molecule has 0 amide bonds. The van der Waals surface area contributed by atoms with Crippen LogP contribution >= 0.6 is 15.9 Å². The molecule has 1 aromatic heterocycles. The largest absolute Gasteiger partial charge is 0.330 e. The molecule has 17 heavy (non-hydrogen) atoms. The summed E-state index contributed by atoms with van der Waals surface area (Å²) in [4.78, 5) is 16.3. The van der Waals surface area contributed by atoms with Crippen LogP contribution in [0, 0.1) is 0 Å². The molecule has 0 bridgehead atoms. The summed E-state index contributed by atoms with van der Waals surface area (Å²) in [5.74, 6) is -0.0987. The molecule has 0 unspecified atom stereocenters. The van der Waals surface area contributed by atoms with Crippen molar-refractivity contribution in [1.82, 2.24) is 9.55 Å². The van der Waals surface area contributed by atoms with Gasteiger partial charge in [0.15, 0.2) is 0 Å². The summed E-state index contributed by atoms with van der Waals surface area (Å²) in [5, 5.41) is 0. The highest BCUT2D eigenvalue weighted by Gasteiger charge is 2.14. The van der Waals surface area contributed by atoms with Gasteiger partial charge in [0.25, 0.3) is 5.91 Å². The van der Waals surface area contributed by atoms with Crippen molar-refractivity contribution in [3.05, 3.63) is 52.5 Å². The van der Waals surface area contributed by atoms with E-state index in [9.17, 15) is 4.79 Å². The maximum absolute atomic E-state index is 12.3. The van der Waals surface area contributed by atoms with Gasteiger partial charge in [0.05, 0.1) is 5.56 Å². The molecule has 0 aliphatic carbocycles. The number of benzene rings is 1. The molecule has 0 radical (unpaired) electrons. The molecule has 2 aromatic rings. The first kappa shape index (κ1) is 12.0. The van der Waals surface area contributed by atoms with E-state index in [1.165, 1.54) is 10.9 Å². The van der Waals surface area contributed by atoms with Crippen LogP contribution in [-0.2, 0) is 6.42 Å². The fraction of sp³-hybridized carbons (Fsp3) is 0.167. The quantitative estimate of drug-likeness (QED) is 0.939. The van der Waals surface area contributed by atoms with Crippen LogP contribution in [0.5, 0.6) is 0 Å². The molecule has 0 aliphatic rings. The first-order valence-electron chi connectivity index (χ1n) is 5.24. The van der Waals surface area contributed by atoms with Crippen molar-refractivity contribution in [2.24, 2.45) is 5.73 Å². The van der Waals surface area contributed by atoms with Gasteiger partial charge in [-0.2, -0.15) is 0 Å². The van der Waals surface area contributed by atoms with Gasteiger partial charge in [-0.1, -0.05) is 12.1 Å². The third-order valence-electron chi connectivity index (χ3n) is 2.44. The smallest absolute Gasteiger partial charge is 0.264 e. The van der Waals surface area contributed by atoms with Crippen LogP contribution in [0.3, 0.4) is 0 Å². The van der Waals surface area contributed by atoms with Crippen molar-refractivity contribution >= 4 is 21.8 Å². The van der Waals surface area contributed by atoms with Crippen molar-refractivity contribution < 1.29 is 4.79 Å². The lowest BCUT2D eigenvalue weighted by atomic mass is 10.2. The molecule has 0 saturated carbocycles. The second-order valence-electron chi connectivity index (χ2n) is 3.58.